The lowest BCUT2D eigenvalue weighted by Crippen LogP contribution is -2.49. The lowest BCUT2D eigenvalue weighted by atomic mass is 9.83. The molecule has 158 valence electrons. The van der Waals surface area contributed by atoms with E-state index in [0.717, 1.165) is 42.0 Å². The minimum Gasteiger partial charge on any atom is -0.368 e. The van der Waals surface area contributed by atoms with Crippen LogP contribution < -0.4 is 0 Å². The van der Waals surface area contributed by atoms with Gasteiger partial charge in [-0.15, -0.1) is 0 Å². The third-order valence-corrected chi connectivity index (χ3v) is 6.87. The maximum Gasteiger partial charge on any atom is 0.270 e. The second-order valence-electron chi connectivity index (χ2n) is 8.85. The van der Waals surface area contributed by atoms with E-state index in [9.17, 15) is 4.79 Å². The predicted octanol–water partition coefficient (Wildman–Crippen LogP) is 3.98. The van der Waals surface area contributed by atoms with Crippen molar-refractivity contribution in [2.75, 3.05) is 19.7 Å². The number of carbonyl (C=O) groups excluding carboxylic acids is 1. The molecule has 31 heavy (non-hydrogen) atoms. The van der Waals surface area contributed by atoms with Crippen molar-refractivity contribution < 1.29 is 9.53 Å². The lowest BCUT2D eigenvalue weighted by molar-refractivity contribution is -0.0967. The van der Waals surface area contributed by atoms with Crippen LogP contribution in [0.4, 0.5) is 0 Å². The number of piperidine rings is 1. The van der Waals surface area contributed by atoms with Crippen molar-refractivity contribution in [1.29, 1.82) is 0 Å². The standard InChI is InChI=1S/C25H26N4O2/c30-24(21-7-4-13-29(21)20-8-9-20)28-14-11-25(12-15-28)22-19(10-16-31-25)17-26-23(27-22)18-5-2-1-3-6-18/h1-7,13,17,20H,8-12,14-16H2. The molecule has 6 heteroatoms. The number of nitrogens with zero attached hydrogens (tertiary/aromatic N) is 4. The summed E-state index contributed by atoms with van der Waals surface area (Å²) >= 11 is 0. The molecule has 3 aliphatic rings. The highest BCUT2D eigenvalue weighted by atomic mass is 16.5. The van der Waals surface area contributed by atoms with E-state index in [1.807, 2.05) is 59.8 Å². The van der Waals surface area contributed by atoms with E-state index in [1.54, 1.807) is 0 Å². The number of likely N-dealkylation sites (tertiary alicyclic amines) is 1. The van der Waals surface area contributed by atoms with Gasteiger partial charge in [-0.1, -0.05) is 30.3 Å². The number of aromatic nitrogens is 3. The van der Waals surface area contributed by atoms with Crippen molar-refractivity contribution >= 4 is 5.91 Å². The Labute approximate surface area is 181 Å². The molecule has 0 atom stereocenters. The minimum absolute atomic E-state index is 0.135. The van der Waals surface area contributed by atoms with Crippen molar-refractivity contribution in [1.82, 2.24) is 19.4 Å². The van der Waals surface area contributed by atoms with E-state index in [0.29, 0.717) is 25.7 Å². The van der Waals surface area contributed by atoms with Gasteiger partial charge in [0.1, 0.15) is 11.3 Å². The normalized spacial score (nSPS) is 19.9. The molecule has 0 N–H and O–H groups in total. The molecule has 1 spiro atoms. The largest absolute Gasteiger partial charge is 0.368 e. The number of ether oxygens (including phenoxy) is 1. The summed E-state index contributed by atoms with van der Waals surface area (Å²) in [6, 6.07) is 14.5. The highest BCUT2D eigenvalue weighted by Gasteiger charge is 2.44. The predicted molar refractivity (Wildman–Crippen MR) is 117 cm³/mol. The van der Waals surface area contributed by atoms with Crippen molar-refractivity contribution in [3.63, 3.8) is 0 Å². The molecule has 3 aromatic rings. The summed E-state index contributed by atoms with van der Waals surface area (Å²) in [6.45, 7) is 2.04. The van der Waals surface area contributed by atoms with Crippen molar-refractivity contribution in [3.8, 4) is 11.4 Å². The Balaban J connectivity index is 1.25. The van der Waals surface area contributed by atoms with Gasteiger partial charge in [-0.2, -0.15) is 0 Å². The Hall–Kier alpha value is -2.99. The SMILES string of the molecule is O=C(c1cccn1C1CC1)N1CCC2(CC1)OCCc1cnc(-c3ccccc3)nc12. The molecular weight excluding hydrogens is 388 g/mol. The molecule has 1 aliphatic carbocycles. The summed E-state index contributed by atoms with van der Waals surface area (Å²) in [6.07, 6.45) is 8.72. The summed E-state index contributed by atoms with van der Waals surface area (Å²) < 4.78 is 8.53. The van der Waals surface area contributed by atoms with E-state index >= 15 is 0 Å². The lowest BCUT2D eigenvalue weighted by Gasteiger charge is -2.44. The number of hydrogen-bond donors (Lipinski definition) is 0. The fourth-order valence-electron chi connectivity index (χ4n) is 5.00. The molecule has 1 saturated carbocycles. The van der Waals surface area contributed by atoms with Gasteiger partial charge in [0, 0.05) is 37.1 Å². The van der Waals surface area contributed by atoms with Crippen LogP contribution in [0.2, 0.25) is 0 Å². The van der Waals surface area contributed by atoms with Crippen LogP contribution in [0, 0.1) is 0 Å². The number of amides is 1. The Morgan fingerprint density at radius 1 is 1.06 bits per heavy atom. The van der Waals surface area contributed by atoms with E-state index in [2.05, 4.69) is 9.55 Å². The van der Waals surface area contributed by atoms with Gasteiger partial charge in [0.05, 0.1) is 12.3 Å². The van der Waals surface area contributed by atoms with Gasteiger partial charge in [-0.25, -0.2) is 9.97 Å². The molecule has 2 aromatic heterocycles. The fourth-order valence-corrected chi connectivity index (χ4v) is 5.00. The molecule has 4 heterocycles. The number of rotatable bonds is 3. The van der Waals surface area contributed by atoms with Crippen LogP contribution in [-0.2, 0) is 16.8 Å². The van der Waals surface area contributed by atoms with Crippen molar-refractivity contribution in [3.05, 3.63) is 71.8 Å². The summed E-state index contributed by atoms with van der Waals surface area (Å²) in [5.41, 5.74) is 3.60. The number of hydrogen-bond acceptors (Lipinski definition) is 4. The molecule has 2 fully saturated rings. The monoisotopic (exact) mass is 414 g/mol. The third-order valence-electron chi connectivity index (χ3n) is 6.87. The number of carbonyl (C=O) groups is 1. The summed E-state index contributed by atoms with van der Waals surface area (Å²) in [5.74, 6) is 0.875. The van der Waals surface area contributed by atoms with Crippen LogP contribution >= 0.6 is 0 Å². The Morgan fingerprint density at radius 3 is 2.65 bits per heavy atom. The van der Waals surface area contributed by atoms with Gasteiger partial charge in [0.15, 0.2) is 5.82 Å². The molecule has 2 aliphatic heterocycles. The van der Waals surface area contributed by atoms with E-state index in [-0.39, 0.29) is 5.91 Å². The molecular formula is C25H26N4O2. The zero-order valence-corrected chi connectivity index (χ0v) is 17.5. The molecule has 0 unspecified atom stereocenters. The first-order valence-electron chi connectivity index (χ1n) is 11.3. The second kappa shape index (κ2) is 7.31. The van der Waals surface area contributed by atoms with Crippen LogP contribution in [0.1, 0.15) is 53.5 Å². The van der Waals surface area contributed by atoms with Crippen LogP contribution in [0.5, 0.6) is 0 Å². The molecule has 0 bridgehead atoms. The maximum atomic E-state index is 13.2. The Morgan fingerprint density at radius 2 is 1.87 bits per heavy atom. The van der Waals surface area contributed by atoms with Gasteiger partial charge in [0.2, 0.25) is 0 Å². The molecule has 1 amide bonds. The third kappa shape index (κ3) is 3.26. The molecule has 6 nitrogen and oxygen atoms in total. The van der Waals surface area contributed by atoms with Gasteiger partial charge in [-0.3, -0.25) is 4.79 Å². The van der Waals surface area contributed by atoms with Crippen LogP contribution in [0.15, 0.2) is 54.9 Å². The van der Waals surface area contributed by atoms with E-state index in [1.165, 1.54) is 18.4 Å². The van der Waals surface area contributed by atoms with Crippen LogP contribution in [-0.4, -0.2) is 45.0 Å². The quantitative estimate of drug-likeness (QED) is 0.650. The first kappa shape index (κ1) is 18.8. The Bertz CT molecular complexity index is 1110. The molecule has 0 radical (unpaired) electrons. The minimum atomic E-state index is -0.421. The van der Waals surface area contributed by atoms with Gasteiger partial charge >= 0.3 is 0 Å². The zero-order chi connectivity index (χ0) is 20.8. The number of fused-ring (bicyclic) bond motifs is 2. The summed E-state index contributed by atoms with van der Waals surface area (Å²) in [7, 11) is 0. The van der Waals surface area contributed by atoms with Gasteiger partial charge in [-0.05, 0) is 49.8 Å². The first-order chi connectivity index (χ1) is 15.2. The molecule has 6 rings (SSSR count). The molecule has 1 saturated heterocycles. The molecule has 1 aromatic carbocycles. The topological polar surface area (TPSA) is 60.2 Å². The summed E-state index contributed by atoms with van der Waals surface area (Å²) in [4.78, 5) is 24.8. The average Bonchev–Trinajstić information content (AvgIpc) is 3.56. The van der Waals surface area contributed by atoms with Gasteiger partial charge < -0.3 is 14.2 Å². The van der Waals surface area contributed by atoms with Crippen LogP contribution in [0.3, 0.4) is 0 Å². The smallest absolute Gasteiger partial charge is 0.270 e. The van der Waals surface area contributed by atoms with Crippen molar-refractivity contribution in [2.24, 2.45) is 0 Å². The van der Waals surface area contributed by atoms with E-state index < -0.39 is 5.60 Å². The highest BCUT2D eigenvalue weighted by molar-refractivity contribution is 5.93. The zero-order valence-electron chi connectivity index (χ0n) is 17.5. The van der Waals surface area contributed by atoms with E-state index in [4.69, 9.17) is 9.72 Å². The highest BCUT2D eigenvalue weighted by Crippen LogP contribution is 2.41. The maximum absolute atomic E-state index is 13.2. The van der Waals surface area contributed by atoms with Crippen LogP contribution in [0.25, 0.3) is 11.4 Å². The fraction of sp³-hybridized carbons (Fsp3) is 0.400. The average molecular weight is 415 g/mol. The van der Waals surface area contributed by atoms with Crippen molar-refractivity contribution in [2.45, 2.75) is 43.7 Å². The summed E-state index contributed by atoms with van der Waals surface area (Å²) in [5, 5.41) is 0. The van der Waals surface area contributed by atoms with Gasteiger partial charge in [0.25, 0.3) is 5.91 Å². The number of benzene rings is 1. The second-order valence-corrected chi connectivity index (χ2v) is 8.85. The first-order valence-corrected chi connectivity index (χ1v) is 11.3. The Kier molecular flexibility index (Phi) is 4.42.